The van der Waals surface area contributed by atoms with Crippen LogP contribution in [-0.4, -0.2) is 22.9 Å². The van der Waals surface area contributed by atoms with Gasteiger partial charge < -0.3 is 4.74 Å². The van der Waals surface area contributed by atoms with E-state index in [0.29, 0.717) is 16.2 Å². The second-order valence-corrected chi connectivity index (χ2v) is 7.33. The van der Waals surface area contributed by atoms with Crippen molar-refractivity contribution < 1.29 is 13.7 Å². The van der Waals surface area contributed by atoms with Crippen molar-refractivity contribution in [1.82, 2.24) is 0 Å². The molecule has 0 fully saturated rings. The summed E-state index contributed by atoms with van der Waals surface area (Å²) in [5.41, 5.74) is 0.684. The fourth-order valence-electron chi connectivity index (χ4n) is 1.93. The van der Waals surface area contributed by atoms with Gasteiger partial charge in [0.15, 0.2) is 5.78 Å². The van der Waals surface area contributed by atoms with Crippen molar-refractivity contribution in [3.05, 3.63) is 45.6 Å². The minimum atomic E-state index is -1.35. The lowest BCUT2D eigenvalue weighted by Crippen LogP contribution is -2.11. The molecule has 0 amide bonds. The first-order chi connectivity index (χ1) is 9.51. The molecule has 1 unspecified atom stereocenters. The van der Waals surface area contributed by atoms with Crippen LogP contribution in [0.5, 0.6) is 5.75 Å². The first kappa shape index (κ1) is 14.9. The van der Waals surface area contributed by atoms with E-state index >= 15 is 0 Å². The summed E-state index contributed by atoms with van der Waals surface area (Å²) in [6.07, 6.45) is 0. The van der Waals surface area contributed by atoms with Crippen molar-refractivity contribution in [2.75, 3.05) is 12.9 Å². The first-order valence-corrected chi connectivity index (χ1v) is 8.27. The lowest BCUT2D eigenvalue weighted by atomic mass is 10.2. The molecule has 20 heavy (non-hydrogen) atoms. The quantitative estimate of drug-likeness (QED) is 0.796. The molecule has 2 aromatic rings. The average Bonchev–Trinajstić information content (AvgIpc) is 2.77. The molecule has 0 N–H and O–H groups in total. The molecule has 0 bridgehead atoms. The summed E-state index contributed by atoms with van der Waals surface area (Å²) in [5.74, 6) is 0.573. The number of Topliss-reactive ketones (excluding diaryl/α,β-unsaturated/α-hetero) is 1. The number of hydrogen-bond donors (Lipinski definition) is 0. The fourth-order valence-corrected chi connectivity index (χ4v) is 3.91. The van der Waals surface area contributed by atoms with E-state index in [1.54, 1.807) is 42.7 Å². The lowest BCUT2D eigenvalue weighted by Gasteiger charge is -2.04. The summed E-state index contributed by atoms with van der Waals surface area (Å²) >= 11 is 1.59. The summed E-state index contributed by atoms with van der Waals surface area (Å²) in [7, 11) is 0.210. The van der Waals surface area contributed by atoms with Crippen molar-refractivity contribution >= 4 is 27.9 Å². The lowest BCUT2D eigenvalue weighted by molar-refractivity contribution is 0.102. The highest BCUT2D eigenvalue weighted by Crippen LogP contribution is 2.22. The van der Waals surface area contributed by atoms with Crippen molar-refractivity contribution in [3.8, 4) is 5.75 Å². The number of ether oxygens (including phenoxy) is 1. The number of carbonyl (C=O) groups is 1. The third kappa shape index (κ3) is 3.35. The van der Waals surface area contributed by atoms with Crippen LogP contribution in [0.4, 0.5) is 0 Å². The molecule has 2 rings (SSSR count). The minimum Gasteiger partial charge on any atom is -0.497 e. The number of thiophene rings is 1. The van der Waals surface area contributed by atoms with E-state index in [1.807, 2.05) is 19.9 Å². The molecule has 5 heteroatoms. The molecule has 0 aliphatic rings. The van der Waals surface area contributed by atoms with Gasteiger partial charge in [0.05, 0.1) is 23.7 Å². The van der Waals surface area contributed by atoms with Crippen LogP contribution < -0.4 is 4.74 Å². The molecule has 1 aromatic carbocycles. The number of carbonyl (C=O) groups excluding carboxylic acids is 1. The number of methoxy groups -OCH3 is 1. The number of benzene rings is 1. The van der Waals surface area contributed by atoms with E-state index in [4.69, 9.17) is 4.74 Å². The van der Waals surface area contributed by atoms with E-state index in [2.05, 4.69) is 0 Å². The highest BCUT2D eigenvalue weighted by molar-refractivity contribution is 7.85. The maximum Gasteiger partial charge on any atom is 0.176 e. The predicted molar refractivity (Wildman–Crippen MR) is 82.4 cm³/mol. The van der Waals surface area contributed by atoms with Crippen LogP contribution in [0.1, 0.15) is 20.1 Å². The Labute approximate surface area is 125 Å². The Morgan fingerprint density at radius 1 is 1.30 bits per heavy atom. The second kappa shape index (κ2) is 6.33. The average molecular weight is 308 g/mol. The molecule has 0 saturated heterocycles. The fraction of sp³-hybridized carbons (Fsp3) is 0.267. The highest BCUT2D eigenvalue weighted by atomic mass is 32.2. The molecular formula is C15H16O3S2. The first-order valence-electron chi connectivity index (χ1n) is 6.14. The molecule has 1 atom stereocenters. The third-order valence-corrected chi connectivity index (χ3v) is 5.18. The second-order valence-electron chi connectivity index (χ2n) is 4.42. The van der Waals surface area contributed by atoms with Gasteiger partial charge in [0.1, 0.15) is 5.75 Å². The van der Waals surface area contributed by atoms with Gasteiger partial charge in [-0.1, -0.05) is 6.07 Å². The summed E-state index contributed by atoms with van der Waals surface area (Å²) in [6, 6.07) is 8.88. The zero-order chi connectivity index (χ0) is 14.7. The number of ketones is 1. The smallest absolute Gasteiger partial charge is 0.176 e. The minimum absolute atomic E-state index is 0.00415. The number of rotatable bonds is 5. The Balaban J connectivity index is 2.15. The molecule has 1 aromatic heterocycles. The summed E-state index contributed by atoms with van der Waals surface area (Å²) in [4.78, 5) is 14.9. The van der Waals surface area contributed by atoms with Crippen LogP contribution in [0.2, 0.25) is 0 Å². The molecule has 0 aliphatic heterocycles. The normalized spacial score (nSPS) is 12.2. The summed E-state index contributed by atoms with van der Waals surface area (Å²) in [6.45, 7) is 3.88. The van der Waals surface area contributed by atoms with E-state index in [1.165, 1.54) is 0 Å². The summed E-state index contributed by atoms with van der Waals surface area (Å²) in [5, 5.41) is 0. The standard InChI is InChI=1S/C15H16O3S2/c1-10-7-14(11(2)19-10)15(16)9-20(17)13-6-4-5-12(8-13)18-3/h4-8H,9H2,1-3H3. The van der Waals surface area contributed by atoms with Gasteiger partial charge in [-0.25, -0.2) is 0 Å². The third-order valence-electron chi connectivity index (χ3n) is 2.91. The maximum absolute atomic E-state index is 12.3. The van der Waals surface area contributed by atoms with Crippen LogP contribution in [0.15, 0.2) is 35.2 Å². The molecule has 106 valence electrons. The molecule has 1 heterocycles. The highest BCUT2D eigenvalue weighted by Gasteiger charge is 2.16. The van der Waals surface area contributed by atoms with Crippen molar-refractivity contribution in [1.29, 1.82) is 0 Å². The van der Waals surface area contributed by atoms with E-state index in [-0.39, 0.29) is 11.5 Å². The van der Waals surface area contributed by atoms with Crippen LogP contribution in [-0.2, 0) is 10.8 Å². The molecule has 0 spiro atoms. The Bertz CT molecular complexity index is 659. The molecular weight excluding hydrogens is 292 g/mol. The monoisotopic (exact) mass is 308 g/mol. The van der Waals surface area contributed by atoms with Gasteiger partial charge in [-0.15, -0.1) is 11.3 Å². The van der Waals surface area contributed by atoms with Crippen LogP contribution in [0, 0.1) is 13.8 Å². The van der Waals surface area contributed by atoms with Crippen molar-refractivity contribution in [2.24, 2.45) is 0 Å². The number of aryl methyl sites for hydroxylation is 2. The van der Waals surface area contributed by atoms with E-state index in [0.717, 1.165) is 9.75 Å². The van der Waals surface area contributed by atoms with Crippen LogP contribution in [0.3, 0.4) is 0 Å². The van der Waals surface area contributed by atoms with E-state index in [9.17, 15) is 9.00 Å². The largest absolute Gasteiger partial charge is 0.497 e. The van der Waals surface area contributed by atoms with E-state index < -0.39 is 10.8 Å². The SMILES string of the molecule is COc1cccc(S(=O)CC(=O)c2cc(C)sc2C)c1. The maximum atomic E-state index is 12.3. The Morgan fingerprint density at radius 2 is 2.05 bits per heavy atom. The van der Waals surface area contributed by atoms with Gasteiger partial charge in [0, 0.05) is 20.2 Å². The summed E-state index contributed by atoms with van der Waals surface area (Å²) < 4.78 is 17.4. The van der Waals surface area contributed by atoms with Crippen molar-refractivity contribution in [2.45, 2.75) is 18.7 Å². The van der Waals surface area contributed by atoms with Gasteiger partial charge >= 0.3 is 0 Å². The van der Waals surface area contributed by atoms with Gasteiger partial charge in [0.2, 0.25) is 0 Å². The predicted octanol–water partition coefficient (Wildman–Crippen LogP) is 3.36. The molecule has 0 radical (unpaired) electrons. The van der Waals surface area contributed by atoms with Crippen molar-refractivity contribution in [3.63, 3.8) is 0 Å². The van der Waals surface area contributed by atoms with Crippen LogP contribution in [0.25, 0.3) is 0 Å². The molecule has 0 saturated carbocycles. The Kier molecular flexibility index (Phi) is 4.73. The van der Waals surface area contributed by atoms with Gasteiger partial charge in [-0.2, -0.15) is 0 Å². The van der Waals surface area contributed by atoms with Crippen LogP contribution >= 0.6 is 11.3 Å². The van der Waals surface area contributed by atoms with Gasteiger partial charge in [-0.3, -0.25) is 9.00 Å². The topological polar surface area (TPSA) is 43.4 Å². The van der Waals surface area contributed by atoms with Gasteiger partial charge in [-0.05, 0) is 38.1 Å². The van der Waals surface area contributed by atoms with Gasteiger partial charge in [0.25, 0.3) is 0 Å². The Morgan fingerprint density at radius 3 is 2.65 bits per heavy atom. The molecule has 0 aliphatic carbocycles. The molecule has 3 nitrogen and oxygen atoms in total. The zero-order valence-corrected chi connectivity index (χ0v) is 13.3. The number of hydrogen-bond acceptors (Lipinski definition) is 4. The zero-order valence-electron chi connectivity index (χ0n) is 11.6. The Hall–Kier alpha value is -1.46.